The van der Waals surface area contributed by atoms with Gasteiger partial charge in [-0.3, -0.25) is 18.6 Å². The van der Waals surface area contributed by atoms with Crippen LogP contribution in [0.5, 0.6) is 5.75 Å². The zero-order valence-electron chi connectivity index (χ0n) is 18.1. The van der Waals surface area contributed by atoms with Gasteiger partial charge in [0, 0.05) is 6.54 Å². The van der Waals surface area contributed by atoms with Gasteiger partial charge < -0.3 is 4.74 Å². The van der Waals surface area contributed by atoms with Gasteiger partial charge in [0.05, 0.1) is 22.2 Å². The van der Waals surface area contributed by atoms with Gasteiger partial charge >= 0.3 is 6.61 Å². The average molecular weight is 473 g/mol. The van der Waals surface area contributed by atoms with Gasteiger partial charge in [0.15, 0.2) is 10.9 Å². The summed E-state index contributed by atoms with van der Waals surface area (Å²) >= 11 is 1.13. The maximum atomic E-state index is 13.0. The first-order chi connectivity index (χ1) is 15.9. The summed E-state index contributed by atoms with van der Waals surface area (Å²) in [6.07, 6.45) is 1.72. The fourth-order valence-corrected chi connectivity index (χ4v) is 4.44. The van der Waals surface area contributed by atoms with Gasteiger partial charge in [0.25, 0.3) is 5.56 Å². The van der Waals surface area contributed by atoms with Crippen molar-refractivity contribution in [2.24, 2.45) is 0 Å². The zero-order chi connectivity index (χ0) is 23.5. The lowest BCUT2D eigenvalue weighted by Crippen LogP contribution is -2.23. The van der Waals surface area contributed by atoms with Crippen molar-refractivity contribution >= 4 is 34.2 Å². The molecule has 0 amide bonds. The number of aryl methyl sites for hydroxylation is 2. The third kappa shape index (κ3) is 4.61. The number of fused-ring (bicyclic) bond motifs is 3. The highest BCUT2D eigenvalue weighted by Gasteiger charge is 2.20. The van der Waals surface area contributed by atoms with Gasteiger partial charge in [-0.25, -0.2) is 0 Å². The Kier molecular flexibility index (Phi) is 6.73. The molecule has 10 heteroatoms. The quantitative estimate of drug-likeness (QED) is 0.259. The van der Waals surface area contributed by atoms with Gasteiger partial charge in [-0.2, -0.15) is 8.78 Å². The first-order valence-electron chi connectivity index (χ1n) is 10.5. The molecule has 0 aliphatic carbocycles. The molecule has 0 atom stereocenters. The maximum absolute atomic E-state index is 13.0. The minimum atomic E-state index is -3.03. The van der Waals surface area contributed by atoms with Crippen LogP contribution in [0.3, 0.4) is 0 Å². The molecule has 2 aromatic heterocycles. The molecule has 4 rings (SSSR count). The summed E-state index contributed by atoms with van der Waals surface area (Å²) in [6.45, 7) is 1.28. The number of thioether (sulfide) groups is 1. The van der Waals surface area contributed by atoms with E-state index in [1.807, 2.05) is 13.0 Å². The highest BCUT2D eigenvalue weighted by Crippen LogP contribution is 2.27. The molecular formula is C23H22F2N4O3S. The highest BCUT2D eigenvalue weighted by atomic mass is 32.2. The molecule has 7 nitrogen and oxygen atoms in total. The minimum absolute atomic E-state index is 0.0632. The second-order valence-corrected chi connectivity index (χ2v) is 8.48. The van der Waals surface area contributed by atoms with Crippen molar-refractivity contribution in [3.05, 3.63) is 63.9 Å². The van der Waals surface area contributed by atoms with E-state index in [9.17, 15) is 18.4 Å². The van der Waals surface area contributed by atoms with Crippen LogP contribution in [-0.2, 0) is 6.54 Å². The molecule has 0 unspecified atom stereocenters. The number of Topliss-reactive ketones (excluding diaryl/α,β-unsaturated/α-hetero) is 1. The van der Waals surface area contributed by atoms with Gasteiger partial charge in [-0.15, -0.1) is 10.2 Å². The number of para-hydroxylation sites is 1. The summed E-state index contributed by atoms with van der Waals surface area (Å²) in [5.41, 5.74) is 1.34. The standard InChI is InChI=1S/C23H22F2N4O3S/c1-3-4-11-28-20(31)15-7-5-6-8-17(15)29-22(28)26-27-23(29)33-13-18(30)16-12-14(2)9-10-19(16)32-21(24)25/h5-10,12,21H,3-4,11,13H2,1-2H3. The Labute approximate surface area is 192 Å². The number of unbranched alkanes of at least 4 members (excludes halogenated alkanes) is 1. The number of aromatic nitrogens is 4. The highest BCUT2D eigenvalue weighted by molar-refractivity contribution is 7.99. The number of benzene rings is 2. The molecule has 2 aromatic carbocycles. The van der Waals surface area contributed by atoms with Crippen molar-refractivity contribution in [3.8, 4) is 5.75 Å². The summed E-state index contributed by atoms with van der Waals surface area (Å²) in [6, 6.07) is 11.7. The molecule has 0 N–H and O–H groups in total. The van der Waals surface area contributed by atoms with Crippen LogP contribution >= 0.6 is 11.8 Å². The predicted molar refractivity (Wildman–Crippen MR) is 123 cm³/mol. The molecule has 0 aliphatic rings. The molecule has 0 bridgehead atoms. The van der Waals surface area contributed by atoms with Gasteiger partial charge in [0.1, 0.15) is 5.75 Å². The number of carbonyl (C=O) groups excluding carboxylic acids is 1. The number of alkyl halides is 2. The normalized spacial score (nSPS) is 11.5. The summed E-state index contributed by atoms with van der Waals surface area (Å²) in [5.74, 6) is -0.197. The SMILES string of the molecule is CCCCn1c(=O)c2ccccc2n2c(SCC(=O)c3cc(C)ccc3OC(F)F)nnc12. The molecule has 33 heavy (non-hydrogen) atoms. The largest absolute Gasteiger partial charge is 0.434 e. The lowest BCUT2D eigenvalue weighted by molar-refractivity contribution is -0.0501. The molecule has 2 heterocycles. The van der Waals surface area contributed by atoms with Crippen LogP contribution in [0, 0.1) is 6.92 Å². The number of halogens is 2. The summed E-state index contributed by atoms with van der Waals surface area (Å²) in [4.78, 5) is 25.9. The van der Waals surface area contributed by atoms with Crippen LogP contribution in [0.4, 0.5) is 8.78 Å². The van der Waals surface area contributed by atoms with Crippen LogP contribution < -0.4 is 10.3 Å². The first-order valence-corrected chi connectivity index (χ1v) is 11.5. The summed E-state index contributed by atoms with van der Waals surface area (Å²) in [7, 11) is 0. The van der Waals surface area contributed by atoms with E-state index < -0.39 is 6.61 Å². The Balaban J connectivity index is 1.71. The number of rotatable bonds is 9. The second-order valence-electron chi connectivity index (χ2n) is 7.54. The van der Waals surface area contributed by atoms with E-state index in [1.54, 1.807) is 40.2 Å². The average Bonchev–Trinajstić information content (AvgIpc) is 3.22. The van der Waals surface area contributed by atoms with Gasteiger partial charge in [-0.1, -0.05) is 48.9 Å². The van der Waals surface area contributed by atoms with E-state index in [4.69, 9.17) is 0 Å². The van der Waals surface area contributed by atoms with Crippen LogP contribution in [-0.4, -0.2) is 37.3 Å². The van der Waals surface area contributed by atoms with E-state index >= 15 is 0 Å². The maximum Gasteiger partial charge on any atom is 0.387 e. The van der Waals surface area contributed by atoms with Crippen molar-refractivity contribution in [2.45, 2.75) is 45.0 Å². The van der Waals surface area contributed by atoms with Gasteiger partial charge in [-0.05, 0) is 37.6 Å². The molecule has 4 aromatic rings. The Bertz CT molecular complexity index is 1380. The Morgan fingerprint density at radius 1 is 1.18 bits per heavy atom. The van der Waals surface area contributed by atoms with Gasteiger partial charge in [0.2, 0.25) is 5.78 Å². The van der Waals surface area contributed by atoms with E-state index in [0.29, 0.717) is 28.4 Å². The number of hydrogen-bond acceptors (Lipinski definition) is 6. The van der Waals surface area contributed by atoms with E-state index in [1.165, 1.54) is 12.1 Å². The number of hydrogen-bond donors (Lipinski definition) is 0. The third-order valence-corrected chi connectivity index (χ3v) is 6.13. The Hall–Kier alpha value is -3.27. The number of ether oxygens (including phenoxy) is 1. The van der Waals surface area contributed by atoms with Crippen molar-refractivity contribution in [3.63, 3.8) is 0 Å². The summed E-state index contributed by atoms with van der Waals surface area (Å²) < 4.78 is 33.4. The number of nitrogens with zero attached hydrogens (tertiary/aromatic N) is 4. The Morgan fingerprint density at radius 3 is 2.73 bits per heavy atom. The second kappa shape index (κ2) is 9.70. The molecule has 0 spiro atoms. The first kappa shape index (κ1) is 22.9. The lowest BCUT2D eigenvalue weighted by Gasteiger charge is -2.12. The lowest BCUT2D eigenvalue weighted by atomic mass is 10.1. The smallest absolute Gasteiger partial charge is 0.387 e. The van der Waals surface area contributed by atoms with Crippen LogP contribution in [0.1, 0.15) is 35.7 Å². The van der Waals surface area contributed by atoms with Crippen molar-refractivity contribution in [1.82, 2.24) is 19.2 Å². The van der Waals surface area contributed by atoms with Crippen molar-refractivity contribution in [1.29, 1.82) is 0 Å². The minimum Gasteiger partial charge on any atom is -0.434 e. The molecule has 0 fully saturated rings. The topological polar surface area (TPSA) is 78.5 Å². The van der Waals surface area contributed by atoms with E-state index in [2.05, 4.69) is 14.9 Å². The zero-order valence-corrected chi connectivity index (χ0v) is 18.9. The molecule has 0 saturated heterocycles. The Morgan fingerprint density at radius 2 is 1.97 bits per heavy atom. The predicted octanol–water partition coefficient (Wildman–Crippen LogP) is 4.73. The molecule has 172 valence electrons. The van der Waals surface area contributed by atoms with Crippen molar-refractivity contribution in [2.75, 3.05) is 5.75 Å². The molecular weight excluding hydrogens is 450 g/mol. The number of ketones is 1. The van der Waals surface area contributed by atoms with Crippen LogP contribution in [0.25, 0.3) is 16.7 Å². The van der Waals surface area contributed by atoms with Crippen molar-refractivity contribution < 1.29 is 18.3 Å². The summed E-state index contributed by atoms with van der Waals surface area (Å²) in [5, 5.41) is 9.41. The monoisotopic (exact) mass is 472 g/mol. The number of carbonyl (C=O) groups is 1. The fraction of sp³-hybridized carbons (Fsp3) is 0.304. The molecule has 0 radical (unpaired) electrons. The van der Waals surface area contributed by atoms with Crippen LogP contribution in [0.15, 0.2) is 52.4 Å². The third-order valence-electron chi connectivity index (χ3n) is 5.20. The molecule has 0 aliphatic heterocycles. The fourth-order valence-electron chi connectivity index (χ4n) is 3.61. The van der Waals surface area contributed by atoms with E-state index in [-0.39, 0.29) is 28.4 Å². The van der Waals surface area contributed by atoms with Crippen LogP contribution in [0.2, 0.25) is 0 Å². The van der Waals surface area contributed by atoms with E-state index in [0.717, 1.165) is 30.2 Å². The molecule has 0 saturated carbocycles.